The van der Waals surface area contributed by atoms with Gasteiger partial charge in [0, 0.05) is 25.0 Å². The van der Waals surface area contributed by atoms with Crippen LogP contribution in [0.5, 0.6) is 0 Å². The average Bonchev–Trinajstić information content (AvgIpc) is 3.38. The molecule has 0 aromatic carbocycles. The zero-order valence-corrected chi connectivity index (χ0v) is 12.4. The van der Waals surface area contributed by atoms with Crippen LogP contribution in [0, 0.1) is 17.8 Å². The first-order chi connectivity index (χ1) is 9.90. The second kappa shape index (κ2) is 5.42. The molecule has 3 aliphatic rings. The van der Waals surface area contributed by atoms with Gasteiger partial charge in [-0.25, -0.2) is 4.98 Å². The van der Waals surface area contributed by atoms with Gasteiger partial charge in [-0.05, 0) is 56.3 Å². The first kappa shape index (κ1) is 12.7. The fourth-order valence-electron chi connectivity index (χ4n) is 3.99. The van der Waals surface area contributed by atoms with Crippen molar-refractivity contribution in [3.63, 3.8) is 0 Å². The topological polar surface area (TPSA) is 29.9 Å². The van der Waals surface area contributed by atoms with Gasteiger partial charge in [0.05, 0.1) is 0 Å². The van der Waals surface area contributed by atoms with Gasteiger partial charge in [-0.15, -0.1) is 0 Å². The van der Waals surface area contributed by atoms with Crippen LogP contribution in [0.25, 0.3) is 0 Å². The highest BCUT2D eigenvalue weighted by molar-refractivity contribution is 5.28. The number of hydrogen-bond acceptors (Lipinski definition) is 2. The molecule has 0 bridgehead atoms. The summed E-state index contributed by atoms with van der Waals surface area (Å²) in [6.07, 6.45) is 16.9. The molecule has 3 nitrogen and oxygen atoms in total. The van der Waals surface area contributed by atoms with Crippen LogP contribution in [0.15, 0.2) is 12.4 Å². The van der Waals surface area contributed by atoms with Crippen molar-refractivity contribution in [2.75, 3.05) is 5.32 Å². The second-order valence-corrected chi connectivity index (χ2v) is 7.22. The van der Waals surface area contributed by atoms with Crippen LogP contribution in [-0.2, 0) is 6.54 Å². The smallest absolute Gasteiger partial charge is 0.202 e. The summed E-state index contributed by atoms with van der Waals surface area (Å²) >= 11 is 0. The maximum atomic E-state index is 4.57. The molecule has 1 aromatic rings. The summed E-state index contributed by atoms with van der Waals surface area (Å²) in [6, 6.07) is 0.658. The molecule has 3 aliphatic carbocycles. The third-order valence-corrected chi connectivity index (χ3v) is 5.52. The van der Waals surface area contributed by atoms with Crippen molar-refractivity contribution in [3.8, 4) is 0 Å². The Balaban J connectivity index is 1.41. The Bertz CT molecular complexity index is 427. The zero-order chi connectivity index (χ0) is 13.4. The second-order valence-electron chi connectivity index (χ2n) is 7.22. The molecule has 1 N–H and O–H groups in total. The summed E-state index contributed by atoms with van der Waals surface area (Å²) in [6.45, 7) is 1.20. The lowest BCUT2D eigenvalue weighted by Gasteiger charge is -2.25. The lowest BCUT2D eigenvalue weighted by molar-refractivity contribution is 0.349. The molecule has 4 rings (SSSR count). The quantitative estimate of drug-likeness (QED) is 0.847. The van der Waals surface area contributed by atoms with E-state index in [1.807, 2.05) is 6.20 Å². The molecular formula is C17H27N3. The molecule has 1 aromatic heterocycles. The van der Waals surface area contributed by atoms with E-state index in [1.165, 1.54) is 64.3 Å². The molecule has 3 fully saturated rings. The molecular weight excluding hydrogens is 246 g/mol. The van der Waals surface area contributed by atoms with E-state index < -0.39 is 0 Å². The first-order valence-corrected chi connectivity index (χ1v) is 8.68. The fourth-order valence-corrected chi connectivity index (χ4v) is 3.99. The molecule has 20 heavy (non-hydrogen) atoms. The van der Waals surface area contributed by atoms with Gasteiger partial charge in [0.15, 0.2) is 0 Å². The predicted octanol–water partition coefficient (Wildman–Crippen LogP) is 4.06. The van der Waals surface area contributed by atoms with E-state index in [-0.39, 0.29) is 0 Å². The SMILES string of the molecule is c1cn(CC(C2CC2)C2CC2)c(NC2CCCCC2)n1. The summed E-state index contributed by atoms with van der Waals surface area (Å²) in [5, 5.41) is 3.71. The van der Waals surface area contributed by atoms with E-state index in [1.54, 1.807) is 0 Å². The molecule has 0 saturated heterocycles. The number of hydrogen-bond donors (Lipinski definition) is 1. The number of imidazole rings is 1. The monoisotopic (exact) mass is 273 g/mol. The van der Waals surface area contributed by atoms with Crippen LogP contribution in [0.4, 0.5) is 5.95 Å². The van der Waals surface area contributed by atoms with Crippen molar-refractivity contribution in [1.82, 2.24) is 9.55 Å². The number of nitrogens with one attached hydrogen (secondary N) is 1. The van der Waals surface area contributed by atoms with Gasteiger partial charge in [0.25, 0.3) is 0 Å². The summed E-state index contributed by atoms with van der Waals surface area (Å²) in [5.74, 6) is 4.10. The highest BCUT2D eigenvalue weighted by Crippen LogP contribution is 2.50. The van der Waals surface area contributed by atoms with Gasteiger partial charge >= 0.3 is 0 Å². The van der Waals surface area contributed by atoms with Crippen molar-refractivity contribution in [3.05, 3.63) is 12.4 Å². The van der Waals surface area contributed by atoms with Crippen LogP contribution in [0.2, 0.25) is 0 Å². The number of nitrogens with zero attached hydrogens (tertiary/aromatic N) is 2. The zero-order valence-electron chi connectivity index (χ0n) is 12.4. The van der Waals surface area contributed by atoms with Gasteiger partial charge in [0.2, 0.25) is 5.95 Å². The minimum atomic E-state index is 0.658. The molecule has 3 heteroatoms. The Kier molecular flexibility index (Phi) is 3.45. The molecule has 0 radical (unpaired) electrons. The Labute approximate surface area is 122 Å². The van der Waals surface area contributed by atoms with E-state index in [0.29, 0.717) is 6.04 Å². The summed E-state index contributed by atoms with van der Waals surface area (Å²) in [5.41, 5.74) is 0. The van der Waals surface area contributed by atoms with Gasteiger partial charge < -0.3 is 9.88 Å². The van der Waals surface area contributed by atoms with Crippen molar-refractivity contribution >= 4 is 5.95 Å². The van der Waals surface area contributed by atoms with E-state index in [2.05, 4.69) is 21.1 Å². The van der Waals surface area contributed by atoms with E-state index in [9.17, 15) is 0 Å². The molecule has 0 atom stereocenters. The van der Waals surface area contributed by atoms with Crippen molar-refractivity contribution < 1.29 is 0 Å². The van der Waals surface area contributed by atoms with Gasteiger partial charge in [-0.1, -0.05) is 19.3 Å². The number of rotatable bonds is 6. The normalized spacial score (nSPS) is 24.2. The molecule has 1 heterocycles. The summed E-state index contributed by atoms with van der Waals surface area (Å²) in [4.78, 5) is 4.57. The molecule has 0 amide bonds. The molecule has 3 saturated carbocycles. The minimum Gasteiger partial charge on any atom is -0.353 e. The standard InChI is InChI=1S/C17H27N3/c1-2-4-15(5-3-1)19-17-18-10-11-20(17)12-16(13-6-7-13)14-8-9-14/h10-11,13-16H,1-9,12H2,(H,18,19). The highest BCUT2D eigenvalue weighted by Gasteiger charge is 2.41. The van der Waals surface area contributed by atoms with Gasteiger partial charge in [0.1, 0.15) is 0 Å². The third-order valence-electron chi connectivity index (χ3n) is 5.52. The average molecular weight is 273 g/mol. The van der Waals surface area contributed by atoms with Crippen LogP contribution >= 0.6 is 0 Å². The molecule has 0 spiro atoms. The molecule has 110 valence electrons. The number of aromatic nitrogens is 2. The number of anilines is 1. The summed E-state index contributed by atoms with van der Waals surface area (Å²) in [7, 11) is 0. The predicted molar refractivity (Wildman–Crippen MR) is 81.7 cm³/mol. The lowest BCUT2D eigenvalue weighted by Crippen LogP contribution is -2.25. The first-order valence-electron chi connectivity index (χ1n) is 8.68. The summed E-state index contributed by atoms with van der Waals surface area (Å²) < 4.78 is 2.40. The Morgan fingerprint density at radius 1 is 1.05 bits per heavy atom. The Hall–Kier alpha value is -0.990. The molecule has 0 aliphatic heterocycles. The van der Waals surface area contributed by atoms with Crippen molar-refractivity contribution in [2.45, 2.75) is 70.4 Å². The Morgan fingerprint density at radius 3 is 2.40 bits per heavy atom. The van der Waals surface area contributed by atoms with E-state index in [0.717, 1.165) is 23.7 Å². The van der Waals surface area contributed by atoms with Crippen LogP contribution in [0.1, 0.15) is 57.8 Å². The van der Waals surface area contributed by atoms with Crippen molar-refractivity contribution in [2.24, 2.45) is 17.8 Å². The van der Waals surface area contributed by atoms with E-state index in [4.69, 9.17) is 0 Å². The van der Waals surface area contributed by atoms with Crippen LogP contribution < -0.4 is 5.32 Å². The Morgan fingerprint density at radius 2 is 1.75 bits per heavy atom. The maximum Gasteiger partial charge on any atom is 0.202 e. The minimum absolute atomic E-state index is 0.658. The molecule has 0 unspecified atom stereocenters. The highest BCUT2D eigenvalue weighted by atomic mass is 15.2. The fraction of sp³-hybridized carbons (Fsp3) is 0.824. The lowest BCUT2D eigenvalue weighted by atomic mass is 9.95. The maximum absolute atomic E-state index is 4.57. The van der Waals surface area contributed by atoms with E-state index >= 15 is 0 Å². The van der Waals surface area contributed by atoms with Crippen LogP contribution in [-0.4, -0.2) is 15.6 Å². The largest absolute Gasteiger partial charge is 0.353 e. The van der Waals surface area contributed by atoms with Gasteiger partial charge in [-0.2, -0.15) is 0 Å². The van der Waals surface area contributed by atoms with Gasteiger partial charge in [-0.3, -0.25) is 0 Å². The third kappa shape index (κ3) is 2.87. The van der Waals surface area contributed by atoms with Crippen molar-refractivity contribution in [1.29, 1.82) is 0 Å². The van der Waals surface area contributed by atoms with Crippen LogP contribution in [0.3, 0.4) is 0 Å².